The average molecular weight is 274 g/mol. The van der Waals surface area contributed by atoms with E-state index in [1.807, 2.05) is 12.1 Å². The summed E-state index contributed by atoms with van der Waals surface area (Å²) in [6, 6.07) is 7.93. The van der Waals surface area contributed by atoms with Crippen LogP contribution in [-0.2, 0) is 4.79 Å². The number of fused-ring (bicyclic) bond motifs is 1. The van der Waals surface area contributed by atoms with Crippen molar-refractivity contribution in [2.45, 2.75) is 18.9 Å². The fourth-order valence-corrected chi connectivity index (χ4v) is 3.17. The lowest BCUT2D eigenvalue weighted by molar-refractivity contribution is -0.117. The molecular weight excluding hydrogens is 252 g/mol. The number of carbonyl (C=O) groups is 1. The average Bonchev–Trinajstić information content (AvgIpc) is 2.89. The maximum absolute atomic E-state index is 12.1. The van der Waals surface area contributed by atoms with Gasteiger partial charge in [0.05, 0.1) is 6.54 Å². The third-order valence-electron chi connectivity index (χ3n) is 4.23. The molecule has 20 heavy (non-hydrogen) atoms. The van der Waals surface area contributed by atoms with Crippen LogP contribution < -0.4 is 11.1 Å². The van der Waals surface area contributed by atoms with E-state index in [0.717, 1.165) is 25.3 Å². The van der Waals surface area contributed by atoms with Crippen LogP contribution in [-0.4, -0.2) is 54.5 Å². The molecule has 1 unspecified atom stereocenters. The summed E-state index contributed by atoms with van der Waals surface area (Å²) in [7, 11) is 0. The highest BCUT2D eigenvalue weighted by Gasteiger charge is 2.30. The number of rotatable bonds is 3. The summed E-state index contributed by atoms with van der Waals surface area (Å²) in [6.45, 7) is 4.82. The van der Waals surface area contributed by atoms with Gasteiger partial charge in [-0.15, -0.1) is 0 Å². The number of benzene rings is 1. The number of nitrogens with two attached hydrogens (primary N) is 1. The maximum Gasteiger partial charge on any atom is 0.238 e. The van der Waals surface area contributed by atoms with E-state index in [1.165, 1.54) is 19.4 Å². The molecule has 1 atom stereocenters. The van der Waals surface area contributed by atoms with E-state index in [9.17, 15) is 4.79 Å². The Morgan fingerprint density at radius 3 is 2.85 bits per heavy atom. The van der Waals surface area contributed by atoms with Crippen LogP contribution in [0.15, 0.2) is 24.3 Å². The van der Waals surface area contributed by atoms with Crippen LogP contribution >= 0.6 is 0 Å². The summed E-state index contributed by atoms with van der Waals surface area (Å²) < 4.78 is 0. The number of hydrogen-bond donors (Lipinski definition) is 2. The van der Waals surface area contributed by atoms with Gasteiger partial charge in [0.25, 0.3) is 0 Å². The first-order valence-electron chi connectivity index (χ1n) is 7.32. The van der Waals surface area contributed by atoms with E-state index in [4.69, 9.17) is 5.73 Å². The smallest absolute Gasteiger partial charge is 0.238 e. The monoisotopic (exact) mass is 274 g/mol. The van der Waals surface area contributed by atoms with Crippen molar-refractivity contribution >= 4 is 17.3 Å². The molecule has 0 bridgehead atoms. The van der Waals surface area contributed by atoms with Crippen molar-refractivity contribution in [1.82, 2.24) is 9.80 Å². The first-order chi connectivity index (χ1) is 9.70. The van der Waals surface area contributed by atoms with E-state index in [1.54, 1.807) is 12.1 Å². The molecule has 1 aromatic rings. The second kappa shape index (κ2) is 5.81. The molecule has 5 heteroatoms. The molecule has 2 aliphatic heterocycles. The van der Waals surface area contributed by atoms with E-state index in [0.29, 0.717) is 18.3 Å². The van der Waals surface area contributed by atoms with Crippen molar-refractivity contribution < 1.29 is 4.79 Å². The molecule has 2 saturated heterocycles. The van der Waals surface area contributed by atoms with Gasteiger partial charge >= 0.3 is 0 Å². The van der Waals surface area contributed by atoms with Gasteiger partial charge in [0.15, 0.2) is 0 Å². The van der Waals surface area contributed by atoms with Gasteiger partial charge < -0.3 is 11.1 Å². The summed E-state index contributed by atoms with van der Waals surface area (Å²) in [6.07, 6.45) is 2.58. The van der Waals surface area contributed by atoms with Crippen LogP contribution in [0.1, 0.15) is 12.8 Å². The summed E-state index contributed by atoms with van der Waals surface area (Å²) in [5.41, 5.74) is 7.15. The molecule has 0 radical (unpaired) electrons. The molecule has 2 heterocycles. The van der Waals surface area contributed by atoms with Crippen molar-refractivity contribution in [2.75, 3.05) is 43.8 Å². The van der Waals surface area contributed by atoms with E-state index < -0.39 is 0 Å². The van der Waals surface area contributed by atoms with Crippen LogP contribution in [0.3, 0.4) is 0 Å². The molecule has 3 rings (SSSR count). The summed E-state index contributed by atoms with van der Waals surface area (Å²) in [5, 5.41) is 2.93. The van der Waals surface area contributed by atoms with Crippen LogP contribution in [0.4, 0.5) is 11.4 Å². The standard InChI is InChI=1S/C15H22N4O/c16-12-3-5-13(6-4-12)17-15(20)11-18-8-9-19-7-1-2-14(19)10-18/h3-6,14H,1-2,7-11,16H2,(H,17,20). The maximum atomic E-state index is 12.1. The van der Waals surface area contributed by atoms with Gasteiger partial charge in [-0.05, 0) is 43.7 Å². The number of nitrogens with zero attached hydrogens (tertiary/aromatic N) is 2. The molecule has 2 aliphatic rings. The molecule has 5 nitrogen and oxygen atoms in total. The highest BCUT2D eigenvalue weighted by atomic mass is 16.2. The summed E-state index contributed by atoms with van der Waals surface area (Å²) in [5.74, 6) is 0.0567. The third kappa shape index (κ3) is 3.11. The molecule has 0 spiro atoms. The van der Waals surface area contributed by atoms with Crippen molar-refractivity contribution in [1.29, 1.82) is 0 Å². The predicted octanol–water partition coefficient (Wildman–Crippen LogP) is 0.987. The minimum Gasteiger partial charge on any atom is -0.399 e. The lowest BCUT2D eigenvalue weighted by atomic mass is 10.1. The fraction of sp³-hybridized carbons (Fsp3) is 0.533. The first kappa shape index (κ1) is 13.4. The van der Waals surface area contributed by atoms with Crippen molar-refractivity contribution in [2.24, 2.45) is 0 Å². The van der Waals surface area contributed by atoms with Crippen LogP contribution in [0.2, 0.25) is 0 Å². The molecule has 0 aromatic heterocycles. The van der Waals surface area contributed by atoms with Gasteiger partial charge in [-0.3, -0.25) is 14.6 Å². The summed E-state index contributed by atoms with van der Waals surface area (Å²) >= 11 is 0. The quantitative estimate of drug-likeness (QED) is 0.807. The topological polar surface area (TPSA) is 61.6 Å². The van der Waals surface area contributed by atoms with Crippen molar-refractivity contribution in [3.05, 3.63) is 24.3 Å². The van der Waals surface area contributed by atoms with Gasteiger partial charge in [-0.2, -0.15) is 0 Å². The van der Waals surface area contributed by atoms with E-state index >= 15 is 0 Å². The molecule has 0 saturated carbocycles. The largest absolute Gasteiger partial charge is 0.399 e. The number of piperazine rings is 1. The Balaban J connectivity index is 1.50. The normalized spacial score (nSPS) is 23.5. The zero-order valence-electron chi connectivity index (χ0n) is 11.7. The molecule has 3 N–H and O–H groups in total. The number of nitrogens with one attached hydrogen (secondary N) is 1. The van der Waals surface area contributed by atoms with Crippen LogP contribution in [0.25, 0.3) is 0 Å². The van der Waals surface area contributed by atoms with Gasteiger partial charge in [0, 0.05) is 37.1 Å². The predicted molar refractivity (Wildman–Crippen MR) is 80.5 cm³/mol. The van der Waals surface area contributed by atoms with Gasteiger partial charge in [-0.25, -0.2) is 0 Å². The molecule has 0 aliphatic carbocycles. The van der Waals surface area contributed by atoms with Crippen molar-refractivity contribution in [3.63, 3.8) is 0 Å². The first-order valence-corrected chi connectivity index (χ1v) is 7.32. The Morgan fingerprint density at radius 2 is 2.05 bits per heavy atom. The molecular formula is C15H22N4O. The number of carbonyl (C=O) groups excluding carboxylic acids is 1. The lowest BCUT2D eigenvalue weighted by Gasteiger charge is -2.37. The SMILES string of the molecule is Nc1ccc(NC(=O)CN2CCN3CCCC3C2)cc1. The Kier molecular flexibility index (Phi) is 3.89. The van der Waals surface area contributed by atoms with Crippen molar-refractivity contribution in [3.8, 4) is 0 Å². The Morgan fingerprint density at radius 1 is 1.25 bits per heavy atom. The number of amides is 1. The molecule has 2 fully saturated rings. The van der Waals surface area contributed by atoms with Gasteiger partial charge in [0.1, 0.15) is 0 Å². The minimum absolute atomic E-state index is 0.0567. The Bertz CT molecular complexity index is 473. The third-order valence-corrected chi connectivity index (χ3v) is 4.23. The zero-order chi connectivity index (χ0) is 13.9. The van der Waals surface area contributed by atoms with E-state index in [2.05, 4.69) is 15.1 Å². The molecule has 1 aromatic carbocycles. The minimum atomic E-state index is 0.0567. The Hall–Kier alpha value is -1.59. The second-order valence-corrected chi connectivity index (χ2v) is 5.74. The fourth-order valence-electron chi connectivity index (χ4n) is 3.17. The Labute approximate surface area is 119 Å². The highest BCUT2D eigenvalue weighted by molar-refractivity contribution is 5.92. The van der Waals surface area contributed by atoms with E-state index in [-0.39, 0.29) is 5.91 Å². The number of hydrogen-bond acceptors (Lipinski definition) is 4. The van der Waals surface area contributed by atoms with Crippen LogP contribution in [0.5, 0.6) is 0 Å². The lowest BCUT2D eigenvalue weighted by Crippen LogP contribution is -2.51. The number of anilines is 2. The molecule has 1 amide bonds. The molecule has 108 valence electrons. The second-order valence-electron chi connectivity index (χ2n) is 5.74. The zero-order valence-corrected chi connectivity index (χ0v) is 11.7. The van der Waals surface area contributed by atoms with Gasteiger partial charge in [-0.1, -0.05) is 0 Å². The van der Waals surface area contributed by atoms with Gasteiger partial charge in [0.2, 0.25) is 5.91 Å². The number of nitrogen functional groups attached to an aromatic ring is 1. The van der Waals surface area contributed by atoms with Crippen LogP contribution in [0, 0.1) is 0 Å². The summed E-state index contributed by atoms with van der Waals surface area (Å²) in [4.78, 5) is 16.9. The highest BCUT2D eigenvalue weighted by Crippen LogP contribution is 2.21.